The molecule has 0 aromatic heterocycles. The molecule has 0 spiro atoms. The SMILES string of the molecule is CC(I)C(=O)OC12CC3CC(C1)CC(C(=O)OC(C)(C)C1CC[NH2+]CC1)(C3)C2. The summed E-state index contributed by atoms with van der Waals surface area (Å²) in [6.07, 6.45) is 7.73. The summed E-state index contributed by atoms with van der Waals surface area (Å²) < 4.78 is 12.2. The maximum atomic E-state index is 13.5. The summed E-state index contributed by atoms with van der Waals surface area (Å²) in [6, 6.07) is 0. The van der Waals surface area contributed by atoms with E-state index in [1.807, 2.05) is 6.92 Å². The molecule has 4 saturated carbocycles. The van der Waals surface area contributed by atoms with Gasteiger partial charge in [-0.3, -0.25) is 9.59 Å². The van der Waals surface area contributed by atoms with Crippen LogP contribution in [0.5, 0.6) is 0 Å². The number of alkyl halides is 1. The lowest BCUT2D eigenvalue weighted by Crippen LogP contribution is -2.86. The van der Waals surface area contributed by atoms with E-state index in [9.17, 15) is 9.59 Å². The number of hydrogen-bond donors (Lipinski definition) is 1. The van der Waals surface area contributed by atoms with E-state index in [0.717, 1.165) is 51.6 Å². The molecule has 5 fully saturated rings. The minimum atomic E-state index is -0.447. The van der Waals surface area contributed by atoms with E-state index in [1.54, 1.807) is 0 Å². The fraction of sp³-hybridized carbons (Fsp3) is 0.909. The van der Waals surface area contributed by atoms with Gasteiger partial charge in [0.2, 0.25) is 0 Å². The van der Waals surface area contributed by atoms with Gasteiger partial charge >= 0.3 is 11.9 Å². The van der Waals surface area contributed by atoms with Gasteiger partial charge in [-0.25, -0.2) is 0 Å². The van der Waals surface area contributed by atoms with E-state index >= 15 is 0 Å². The standard InChI is InChI=1S/C22H34INO4/c1-14(23)18(25)27-22-11-15-8-16(12-22)10-21(9-15,13-22)19(26)28-20(2,3)17-4-6-24-7-5-17/h14-17,24H,4-13H2,1-3H3/p+1. The second-order valence-corrected chi connectivity index (χ2v) is 12.5. The molecule has 28 heavy (non-hydrogen) atoms. The van der Waals surface area contributed by atoms with Crippen LogP contribution in [0.3, 0.4) is 0 Å². The van der Waals surface area contributed by atoms with Crippen molar-refractivity contribution in [3.63, 3.8) is 0 Å². The summed E-state index contributed by atoms with van der Waals surface area (Å²) in [6.45, 7) is 8.30. The van der Waals surface area contributed by atoms with Crippen LogP contribution in [0.25, 0.3) is 0 Å². The van der Waals surface area contributed by atoms with Gasteiger partial charge in [0.15, 0.2) is 0 Å². The molecule has 1 heterocycles. The Balaban J connectivity index is 1.52. The Morgan fingerprint density at radius 1 is 1.11 bits per heavy atom. The lowest BCUT2D eigenvalue weighted by molar-refractivity contribution is -0.665. The summed E-state index contributed by atoms with van der Waals surface area (Å²) in [7, 11) is 0. The van der Waals surface area contributed by atoms with Gasteiger partial charge in [-0.15, -0.1) is 0 Å². The smallest absolute Gasteiger partial charge is 0.319 e. The van der Waals surface area contributed by atoms with Crippen molar-refractivity contribution in [1.29, 1.82) is 0 Å². The highest BCUT2D eigenvalue weighted by atomic mass is 127. The number of quaternary nitrogens is 1. The van der Waals surface area contributed by atoms with Gasteiger partial charge < -0.3 is 14.8 Å². The van der Waals surface area contributed by atoms with Gasteiger partial charge in [-0.2, -0.15) is 0 Å². The van der Waals surface area contributed by atoms with Gasteiger partial charge in [-0.1, -0.05) is 22.6 Å². The molecular formula is C22H35INO4+. The van der Waals surface area contributed by atoms with Crippen LogP contribution >= 0.6 is 22.6 Å². The molecule has 4 bridgehead atoms. The predicted octanol–water partition coefficient (Wildman–Crippen LogP) is 2.99. The highest BCUT2D eigenvalue weighted by Gasteiger charge is 2.63. The van der Waals surface area contributed by atoms with Gasteiger partial charge in [0.1, 0.15) is 15.1 Å². The number of rotatable bonds is 5. The molecule has 5 rings (SSSR count). The Kier molecular flexibility index (Phi) is 5.52. The molecule has 0 aromatic rings. The Labute approximate surface area is 182 Å². The molecule has 1 saturated heterocycles. The highest BCUT2D eigenvalue weighted by molar-refractivity contribution is 14.1. The van der Waals surface area contributed by atoms with Gasteiger partial charge in [0.25, 0.3) is 0 Å². The lowest BCUT2D eigenvalue weighted by atomic mass is 9.48. The molecule has 0 amide bonds. The van der Waals surface area contributed by atoms with Crippen molar-refractivity contribution in [2.75, 3.05) is 13.1 Å². The molecule has 0 radical (unpaired) electrons. The van der Waals surface area contributed by atoms with Crippen LogP contribution in [0.1, 0.15) is 72.1 Å². The zero-order valence-corrected chi connectivity index (χ0v) is 19.6. The average Bonchev–Trinajstić information content (AvgIpc) is 2.60. The topological polar surface area (TPSA) is 69.2 Å². The average molecular weight is 504 g/mol. The number of carbonyl (C=O) groups is 2. The van der Waals surface area contributed by atoms with Crippen LogP contribution in [-0.4, -0.2) is 40.2 Å². The number of piperidine rings is 1. The van der Waals surface area contributed by atoms with Crippen molar-refractivity contribution in [2.24, 2.45) is 23.2 Å². The minimum Gasteiger partial charge on any atom is -0.459 e. The van der Waals surface area contributed by atoms with Crippen LogP contribution in [0.15, 0.2) is 0 Å². The minimum absolute atomic E-state index is 0.0240. The molecule has 3 unspecified atom stereocenters. The van der Waals surface area contributed by atoms with Gasteiger partial charge in [0, 0.05) is 25.2 Å². The third-order valence-electron chi connectivity index (χ3n) is 7.86. The van der Waals surface area contributed by atoms with Crippen molar-refractivity contribution in [1.82, 2.24) is 0 Å². The lowest BCUT2D eigenvalue weighted by Gasteiger charge is -2.60. The first-order valence-electron chi connectivity index (χ1n) is 11.1. The number of esters is 2. The van der Waals surface area contributed by atoms with E-state index in [4.69, 9.17) is 9.47 Å². The van der Waals surface area contributed by atoms with E-state index in [0.29, 0.717) is 24.2 Å². The maximum absolute atomic E-state index is 13.5. The summed E-state index contributed by atoms with van der Waals surface area (Å²) in [5.41, 5.74) is -1.31. The quantitative estimate of drug-likeness (QED) is 0.355. The van der Waals surface area contributed by atoms with Gasteiger partial charge in [0.05, 0.1) is 18.5 Å². The van der Waals surface area contributed by atoms with Crippen molar-refractivity contribution in [3.8, 4) is 0 Å². The van der Waals surface area contributed by atoms with E-state index < -0.39 is 16.6 Å². The summed E-state index contributed by atoms with van der Waals surface area (Å²) in [4.78, 5) is 25.9. The molecule has 5 aliphatic rings. The first-order chi connectivity index (χ1) is 13.1. The number of carbonyl (C=O) groups excluding carboxylic acids is 2. The second-order valence-electron chi connectivity index (χ2n) is 10.6. The summed E-state index contributed by atoms with van der Waals surface area (Å²) >= 11 is 2.12. The Hall–Kier alpha value is -0.370. The third kappa shape index (κ3) is 3.84. The Morgan fingerprint density at radius 2 is 1.71 bits per heavy atom. The predicted molar refractivity (Wildman–Crippen MR) is 114 cm³/mol. The van der Waals surface area contributed by atoms with Crippen LogP contribution in [-0.2, 0) is 19.1 Å². The number of ether oxygens (including phenoxy) is 2. The molecular weight excluding hydrogens is 469 g/mol. The van der Waals surface area contributed by atoms with Crippen molar-refractivity contribution in [2.45, 2.75) is 87.3 Å². The van der Waals surface area contributed by atoms with Crippen molar-refractivity contribution >= 4 is 34.5 Å². The largest absolute Gasteiger partial charge is 0.459 e. The fourth-order valence-electron chi connectivity index (χ4n) is 6.88. The molecule has 3 atom stereocenters. The molecule has 1 aliphatic heterocycles. The maximum Gasteiger partial charge on any atom is 0.319 e. The zero-order valence-electron chi connectivity index (χ0n) is 17.5. The summed E-state index contributed by atoms with van der Waals surface area (Å²) in [5.74, 6) is 1.24. The fourth-order valence-corrected chi connectivity index (χ4v) is 7.01. The summed E-state index contributed by atoms with van der Waals surface area (Å²) in [5, 5.41) is 2.35. The first kappa shape index (κ1) is 20.9. The van der Waals surface area contributed by atoms with Crippen LogP contribution < -0.4 is 5.32 Å². The Morgan fingerprint density at radius 3 is 2.29 bits per heavy atom. The Bertz CT molecular complexity index is 626. The van der Waals surface area contributed by atoms with E-state index in [2.05, 4.69) is 41.8 Å². The number of halogens is 1. The van der Waals surface area contributed by atoms with Crippen molar-refractivity contribution in [3.05, 3.63) is 0 Å². The molecule has 0 aromatic carbocycles. The van der Waals surface area contributed by atoms with E-state index in [1.165, 1.54) is 6.42 Å². The normalized spacial score (nSPS) is 38.9. The second kappa shape index (κ2) is 7.40. The monoisotopic (exact) mass is 504 g/mol. The van der Waals surface area contributed by atoms with Crippen LogP contribution in [0, 0.1) is 23.2 Å². The number of hydrogen-bond acceptors (Lipinski definition) is 4. The molecule has 6 heteroatoms. The highest BCUT2D eigenvalue weighted by Crippen LogP contribution is 2.63. The molecule has 4 aliphatic carbocycles. The van der Waals surface area contributed by atoms with E-state index in [-0.39, 0.29) is 15.9 Å². The zero-order chi connectivity index (χ0) is 20.2. The van der Waals surface area contributed by atoms with Gasteiger partial charge in [-0.05, 0) is 64.7 Å². The van der Waals surface area contributed by atoms with Crippen LogP contribution in [0.2, 0.25) is 0 Å². The van der Waals surface area contributed by atoms with Crippen LogP contribution in [0.4, 0.5) is 0 Å². The molecule has 158 valence electrons. The van der Waals surface area contributed by atoms with Crippen molar-refractivity contribution < 1.29 is 24.4 Å². The third-order valence-corrected chi connectivity index (χ3v) is 8.37. The molecule has 2 N–H and O–H groups in total. The number of nitrogens with two attached hydrogens (primary N) is 1. The first-order valence-corrected chi connectivity index (χ1v) is 12.3. The molecule has 5 nitrogen and oxygen atoms in total.